The standard InChI is InChI=1S/C13H20N2O4S2/c1-3-21(17,18)12-10(14)11(9(2)16)20-13(12)15-5-4-7-19-8-6-15/h3-8,14H2,1-2H3. The maximum Gasteiger partial charge on any atom is 0.183 e. The molecule has 0 aromatic carbocycles. The van der Waals surface area contributed by atoms with Crippen molar-refractivity contribution >= 4 is 37.6 Å². The van der Waals surface area contributed by atoms with Crippen molar-refractivity contribution in [3.05, 3.63) is 4.88 Å². The Kier molecular flexibility index (Phi) is 4.90. The van der Waals surface area contributed by atoms with E-state index in [2.05, 4.69) is 0 Å². The first kappa shape index (κ1) is 16.3. The number of carbonyl (C=O) groups is 1. The Labute approximate surface area is 128 Å². The molecule has 0 amide bonds. The van der Waals surface area contributed by atoms with Crippen molar-refractivity contribution in [2.24, 2.45) is 0 Å². The van der Waals surface area contributed by atoms with Crippen molar-refractivity contribution < 1.29 is 17.9 Å². The molecule has 0 unspecified atom stereocenters. The molecule has 1 aromatic heterocycles. The molecule has 1 fully saturated rings. The molecule has 1 aliphatic heterocycles. The van der Waals surface area contributed by atoms with Gasteiger partial charge in [0.15, 0.2) is 15.6 Å². The van der Waals surface area contributed by atoms with Gasteiger partial charge in [-0.05, 0) is 6.42 Å². The molecule has 0 atom stereocenters. The zero-order valence-electron chi connectivity index (χ0n) is 12.2. The van der Waals surface area contributed by atoms with Crippen molar-refractivity contribution in [3.8, 4) is 0 Å². The molecule has 0 radical (unpaired) electrons. The summed E-state index contributed by atoms with van der Waals surface area (Å²) in [6.45, 7) is 5.48. The van der Waals surface area contributed by atoms with Crippen LogP contribution < -0.4 is 10.6 Å². The quantitative estimate of drug-likeness (QED) is 0.842. The maximum atomic E-state index is 12.4. The summed E-state index contributed by atoms with van der Waals surface area (Å²) in [6, 6.07) is 0. The summed E-state index contributed by atoms with van der Waals surface area (Å²) in [5.41, 5.74) is 6.06. The van der Waals surface area contributed by atoms with Crippen LogP contribution in [0.25, 0.3) is 0 Å². The van der Waals surface area contributed by atoms with Crippen LogP contribution >= 0.6 is 11.3 Å². The average Bonchev–Trinajstić information content (AvgIpc) is 2.63. The number of anilines is 2. The molecule has 2 heterocycles. The molecule has 0 saturated carbocycles. The molecule has 1 saturated heterocycles. The van der Waals surface area contributed by atoms with Crippen LogP contribution in [0.1, 0.15) is 29.9 Å². The first-order valence-electron chi connectivity index (χ1n) is 6.87. The van der Waals surface area contributed by atoms with Crippen LogP contribution in [0.15, 0.2) is 4.90 Å². The molecule has 6 nitrogen and oxygen atoms in total. The van der Waals surface area contributed by atoms with E-state index in [1.807, 2.05) is 4.90 Å². The Bertz CT molecular complexity index is 629. The highest BCUT2D eigenvalue weighted by molar-refractivity contribution is 7.92. The number of nitrogens with zero attached hydrogens (tertiary/aromatic N) is 1. The van der Waals surface area contributed by atoms with Gasteiger partial charge in [0.2, 0.25) is 0 Å². The molecule has 118 valence electrons. The number of hydrogen-bond acceptors (Lipinski definition) is 7. The number of ether oxygens (including phenoxy) is 1. The molecule has 2 rings (SSSR count). The number of hydrogen-bond donors (Lipinski definition) is 1. The zero-order valence-corrected chi connectivity index (χ0v) is 13.8. The van der Waals surface area contributed by atoms with E-state index >= 15 is 0 Å². The molecule has 1 aliphatic rings. The van der Waals surface area contributed by atoms with Gasteiger partial charge in [0, 0.05) is 26.6 Å². The van der Waals surface area contributed by atoms with Gasteiger partial charge in [0.25, 0.3) is 0 Å². The topological polar surface area (TPSA) is 89.7 Å². The van der Waals surface area contributed by atoms with E-state index < -0.39 is 9.84 Å². The van der Waals surface area contributed by atoms with Gasteiger partial charge >= 0.3 is 0 Å². The molecular weight excluding hydrogens is 312 g/mol. The van der Waals surface area contributed by atoms with Crippen molar-refractivity contribution in [3.63, 3.8) is 0 Å². The Morgan fingerprint density at radius 2 is 2.10 bits per heavy atom. The predicted molar refractivity (Wildman–Crippen MR) is 84.1 cm³/mol. The first-order chi connectivity index (χ1) is 9.88. The third-order valence-electron chi connectivity index (χ3n) is 3.40. The number of thiophene rings is 1. The summed E-state index contributed by atoms with van der Waals surface area (Å²) in [6.07, 6.45) is 0.818. The predicted octanol–water partition coefficient (Wildman–Crippen LogP) is 1.55. The number of nitrogens with two attached hydrogens (primary N) is 1. The van der Waals surface area contributed by atoms with E-state index in [0.29, 0.717) is 36.2 Å². The summed E-state index contributed by atoms with van der Waals surface area (Å²) in [4.78, 5) is 14.1. The van der Waals surface area contributed by atoms with Crippen LogP contribution in [0.4, 0.5) is 10.7 Å². The molecular formula is C13H20N2O4S2. The second-order valence-corrected chi connectivity index (χ2v) is 8.11. The zero-order chi connectivity index (χ0) is 15.6. The summed E-state index contributed by atoms with van der Waals surface area (Å²) in [5.74, 6) is -0.245. The average molecular weight is 332 g/mol. The summed E-state index contributed by atoms with van der Waals surface area (Å²) >= 11 is 1.17. The maximum absolute atomic E-state index is 12.4. The fourth-order valence-corrected chi connectivity index (χ4v) is 5.03. The fourth-order valence-electron chi connectivity index (χ4n) is 2.28. The van der Waals surface area contributed by atoms with Gasteiger partial charge in [0.1, 0.15) is 9.90 Å². The van der Waals surface area contributed by atoms with Crippen molar-refractivity contribution in [1.29, 1.82) is 0 Å². The monoisotopic (exact) mass is 332 g/mol. The van der Waals surface area contributed by atoms with Gasteiger partial charge in [0.05, 0.1) is 22.9 Å². The van der Waals surface area contributed by atoms with Gasteiger partial charge in [-0.25, -0.2) is 8.42 Å². The lowest BCUT2D eigenvalue weighted by molar-refractivity contribution is 0.102. The molecule has 1 aromatic rings. The van der Waals surface area contributed by atoms with Crippen LogP contribution in [0.5, 0.6) is 0 Å². The van der Waals surface area contributed by atoms with E-state index in [-0.39, 0.29) is 22.1 Å². The van der Waals surface area contributed by atoms with E-state index in [4.69, 9.17) is 10.5 Å². The van der Waals surface area contributed by atoms with Crippen LogP contribution in [0.3, 0.4) is 0 Å². The number of sulfone groups is 1. The Hall–Kier alpha value is -1.12. The molecule has 21 heavy (non-hydrogen) atoms. The second kappa shape index (κ2) is 6.33. The number of nitrogen functional groups attached to an aromatic ring is 1. The lowest BCUT2D eigenvalue weighted by Gasteiger charge is -2.21. The van der Waals surface area contributed by atoms with Crippen LogP contribution in [-0.2, 0) is 14.6 Å². The van der Waals surface area contributed by atoms with E-state index in [0.717, 1.165) is 6.42 Å². The molecule has 8 heteroatoms. The minimum absolute atomic E-state index is 0.0391. The lowest BCUT2D eigenvalue weighted by Crippen LogP contribution is -2.26. The van der Waals surface area contributed by atoms with E-state index in [1.54, 1.807) is 6.92 Å². The molecule has 0 bridgehead atoms. The summed E-state index contributed by atoms with van der Waals surface area (Å²) in [7, 11) is -3.48. The van der Waals surface area contributed by atoms with Crippen molar-refractivity contribution in [2.45, 2.75) is 25.2 Å². The minimum atomic E-state index is -3.48. The first-order valence-corrected chi connectivity index (χ1v) is 9.34. The Morgan fingerprint density at radius 3 is 2.71 bits per heavy atom. The number of ketones is 1. The summed E-state index contributed by atoms with van der Waals surface area (Å²) in [5, 5.41) is 0.574. The van der Waals surface area contributed by atoms with E-state index in [1.165, 1.54) is 18.3 Å². The molecule has 0 spiro atoms. The highest BCUT2D eigenvalue weighted by atomic mass is 32.2. The Balaban J connectivity index is 2.58. The molecule has 0 aliphatic carbocycles. The Morgan fingerprint density at radius 1 is 1.38 bits per heavy atom. The highest BCUT2D eigenvalue weighted by Gasteiger charge is 2.30. The smallest absolute Gasteiger partial charge is 0.183 e. The van der Waals surface area contributed by atoms with Crippen LogP contribution in [0.2, 0.25) is 0 Å². The molecule has 2 N–H and O–H groups in total. The SMILES string of the molecule is CCS(=O)(=O)c1c(N2CCCOCC2)sc(C(C)=O)c1N. The minimum Gasteiger partial charge on any atom is -0.396 e. The van der Waals surface area contributed by atoms with Gasteiger partial charge in [-0.15, -0.1) is 11.3 Å². The third kappa shape index (κ3) is 3.22. The third-order valence-corrected chi connectivity index (χ3v) is 6.69. The summed E-state index contributed by atoms with van der Waals surface area (Å²) < 4.78 is 30.1. The number of Topliss-reactive ketones (excluding diaryl/α,β-unsaturated/α-hetero) is 1. The van der Waals surface area contributed by atoms with Crippen molar-refractivity contribution in [2.75, 3.05) is 42.7 Å². The van der Waals surface area contributed by atoms with Gasteiger partial charge in [-0.3, -0.25) is 4.79 Å². The van der Waals surface area contributed by atoms with Crippen molar-refractivity contribution in [1.82, 2.24) is 0 Å². The number of carbonyl (C=O) groups excluding carboxylic acids is 1. The van der Waals surface area contributed by atoms with E-state index in [9.17, 15) is 13.2 Å². The second-order valence-electron chi connectivity index (χ2n) is 4.89. The van der Waals surface area contributed by atoms with Crippen LogP contribution in [0, 0.1) is 0 Å². The highest BCUT2D eigenvalue weighted by Crippen LogP contribution is 2.42. The fraction of sp³-hybridized carbons (Fsp3) is 0.615. The van der Waals surface area contributed by atoms with Gasteiger partial charge < -0.3 is 15.4 Å². The normalized spacial score (nSPS) is 16.8. The lowest BCUT2D eigenvalue weighted by atomic mass is 10.3. The number of rotatable bonds is 4. The van der Waals surface area contributed by atoms with Gasteiger partial charge in [-0.2, -0.15) is 0 Å². The van der Waals surface area contributed by atoms with Gasteiger partial charge in [-0.1, -0.05) is 6.92 Å². The largest absolute Gasteiger partial charge is 0.396 e. The van der Waals surface area contributed by atoms with Crippen LogP contribution in [-0.4, -0.2) is 46.3 Å².